The molecule has 0 spiro atoms. The van der Waals surface area contributed by atoms with Crippen LogP contribution in [0.3, 0.4) is 0 Å². The first kappa shape index (κ1) is 19.5. The van der Waals surface area contributed by atoms with Crippen molar-refractivity contribution in [1.29, 1.82) is 0 Å². The standard InChI is InChI=1S/C26H26N4O/c1-2-4-21(5-3-1)22-8-11-24-25(18-22)28-19-29-26(24)27-13-12-20-6-9-23(10-7-20)30-14-16-31-17-15-30/h1-11,18-19H,12-17H2,(H,27,28,29). The van der Waals surface area contributed by atoms with E-state index in [9.17, 15) is 0 Å². The molecule has 1 saturated heterocycles. The average Bonchev–Trinajstić information content (AvgIpc) is 2.85. The average molecular weight is 411 g/mol. The van der Waals surface area contributed by atoms with E-state index in [1.807, 2.05) is 6.07 Å². The third kappa shape index (κ3) is 4.52. The van der Waals surface area contributed by atoms with E-state index in [-0.39, 0.29) is 0 Å². The van der Waals surface area contributed by atoms with E-state index >= 15 is 0 Å². The largest absolute Gasteiger partial charge is 0.378 e. The molecule has 5 heteroatoms. The molecule has 0 saturated carbocycles. The van der Waals surface area contributed by atoms with Crippen molar-refractivity contribution in [3.8, 4) is 11.1 Å². The lowest BCUT2D eigenvalue weighted by Crippen LogP contribution is -2.36. The molecule has 1 fully saturated rings. The van der Waals surface area contributed by atoms with Gasteiger partial charge in [0.15, 0.2) is 0 Å². The summed E-state index contributed by atoms with van der Waals surface area (Å²) in [6, 6.07) is 25.6. The van der Waals surface area contributed by atoms with Gasteiger partial charge in [0.1, 0.15) is 12.1 Å². The highest BCUT2D eigenvalue weighted by Gasteiger charge is 2.11. The normalized spacial score (nSPS) is 14.0. The summed E-state index contributed by atoms with van der Waals surface area (Å²) in [5.74, 6) is 0.884. The number of anilines is 2. The fourth-order valence-corrected chi connectivity index (χ4v) is 4.03. The van der Waals surface area contributed by atoms with Crippen molar-refractivity contribution in [2.45, 2.75) is 6.42 Å². The molecule has 0 aliphatic carbocycles. The molecular weight excluding hydrogens is 384 g/mol. The molecule has 0 unspecified atom stereocenters. The van der Waals surface area contributed by atoms with Gasteiger partial charge in [-0.3, -0.25) is 0 Å². The number of hydrogen-bond acceptors (Lipinski definition) is 5. The van der Waals surface area contributed by atoms with E-state index < -0.39 is 0 Å². The summed E-state index contributed by atoms with van der Waals surface area (Å²) in [5.41, 5.74) is 5.90. The number of fused-ring (bicyclic) bond motifs is 1. The molecule has 4 aromatic rings. The first-order valence-electron chi connectivity index (χ1n) is 10.8. The Morgan fingerprint density at radius 3 is 2.45 bits per heavy atom. The SMILES string of the molecule is c1ccc(-c2ccc3c(NCCc4ccc(N5CCOCC5)cc4)ncnc3c2)cc1. The van der Waals surface area contributed by atoms with E-state index in [4.69, 9.17) is 4.74 Å². The molecule has 31 heavy (non-hydrogen) atoms. The molecule has 5 rings (SSSR count). The quantitative estimate of drug-likeness (QED) is 0.495. The van der Waals surface area contributed by atoms with Crippen LogP contribution in [0.15, 0.2) is 79.1 Å². The smallest absolute Gasteiger partial charge is 0.137 e. The fourth-order valence-electron chi connectivity index (χ4n) is 4.03. The monoisotopic (exact) mass is 410 g/mol. The minimum absolute atomic E-state index is 0.811. The molecule has 3 aromatic carbocycles. The molecule has 1 N–H and O–H groups in total. The van der Waals surface area contributed by atoms with Crippen LogP contribution in [-0.2, 0) is 11.2 Å². The maximum atomic E-state index is 5.44. The van der Waals surface area contributed by atoms with E-state index in [1.54, 1.807) is 6.33 Å². The minimum Gasteiger partial charge on any atom is -0.378 e. The van der Waals surface area contributed by atoms with Gasteiger partial charge in [-0.15, -0.1) is 0 Å². The summed E-state index contributed by atoms with van der Waals surface area (Å²) in [7, 11) is 0. The molecule has 5 nitrogen and oxygen atoms in total. The van der Waals surface area contributed by atoms with E-state index in [1.165, 1.54) is 16.8 Å². The number of nitrogens with zero attached hydrogens (tertiary/aromatic N) is 3. The lowest BCUT2D eigenvalue weighted by molar-refractivity contribution is 0.122. The second-order valence-electron chi connectivity index (χ2n) is 7.76. The number of nitrogens with one attached hydrogen (secondary N) is 1. The van der Waals surface area contributed by atoms with Crippen molar-refractivity contribution in [2.24, 2.45) is 0 Å². The van der Waals surface area contributed by atoms with Crippen LogP contribution >= 0.6 is 0 Å². The van der Waals surface area contributed by atoms with Gasteiger partial charge in [-0.25, -0.2) is 9.97 Å². The van der Waals surface area contributed by atoms with Gasteiger partial charge in [-0.2, -0.15) is 0 Å². The van der Waals surface area contributed by atoms with Gasteiger partial charge in [-0.1, -0.05) is 48.5 Å². The lowest BCUT2D eigenvalue weighted by atomic mass is 10.0. The topological polar surface area (TPSA) is 50.3 Å². The Balaban J connectivity index is 1.24. The first-order valence-corrected chi connectivity index (χ1v) is 10.8. The Hall–Kier alpha value is -3.44. The minimum atomic E-state index is 0.811. The summed E-state index contributed by atoms with van der Waals surface area (Å²) in [6.07, 6.45) is 2.58. The van der Waals surface area contributed by atoms with Crippen molar-refractivity contribution in [3.63, 3.8) is 0 Å². The maximum Gasteiger partial charge on any atom is 0.137 e. The highest BCUT2D eigenvalue weighted by molar-refractivity contribution is 5.91. The highest BCUT2D eigenvalue weighted by Crippen LogP contribution is 2.26. The predicted molar refractivity (Wildman–Crippen MR) is 127 cm³/mol. The molecule has 1 aliphatic heterocycles. The molecule has 1 aliphatic rings. The van der Waals surface area contributed by atoms with Gasteiger partial charge in [0.05, 0.1) is 18.7 Å². The van der Waals surface area contributed by atoms with Gasteiger partial charge in [-0.05, 0) is 47.4 Å². The summed E-state index contributed by atoms with van der Waals surface area (Å²) < 4.78 is 5.44. The van der Waals surface area contributed by atoms with Crippen molar-refractivity contribution < 1.29 is 4.74 Å². The van der Waals surface area contributed by atoms with E-state index in [2.05, 4.69) is 86.9 Å². The fraction of sp³-hybridized carbons (Fsp3) is 0.231. The van der Waals surface area contributed by atoms with Crippen LogP contribution in [0.25, 0.3) is 22.0 Å². The summed E-state index contributed by atoms with van der Waals surface area (Å²) in [4.78, 5) is 11.3. The van der Waals surface area contributed by atoms with Crippen LogP contribution in [0, 0.1) is 0 Å². The molecular formula is C26H26N4O. The molecule has 1 aromatic heterocycles. The summed E-state index contributed by atoms with van der Waals surface area (Å²) in [6.45, 7) is 4.38. The highest BCUT2D eigenvalue weighted by atomic mass is 16.5. The van der Waals surface area contributed by atoms with Crippen molar-refractivity contribution >= 4 is 22.4 Å². The summed E-state index contributed by atoms with van der Waals surface area (Å²) >= 11 is 0. The Morgan fingerprint density at radius 2 is 1.65 bits per heavy atom. The predicted octanol–water partition coefficient (Wildman–Crippen LogP) is 4.79. The molecule has 2 heterocycles. The number of aromatic nitrogens is 2. The van der Waals surface area contributed by atoms with Crippen molar-refractivity contribution in [2.75, 3.05) is 43.1 Å². The van der Waals surface area contributed by atoms with Crippen molar-refractivity contribution in [3.05, 3.63) is 84.7 Å². The molecule has 156 valence electrons. The number of morpholine rings is 1. The van der Waals surface area contributed by atoms with E-state index in [0.29, 0.717) is 0 Å². The number of ether oxygens (including phenoxy) is 1. The van der Waals surface area contributed by atoms with E-state index in [0.717, 1.165) is 61.6 Å². The van der Waals surface area contributed by atoms with Gasteiger partial charge < -0.3 is 15.0 Å². The van der Waals surface area contributed by atoms with Crippen LogP contribution in [0.2, 0.25) is 0 Å². The van der Waals surface area contributed by atoms with Gasteiger partial charge >= 0.3 is 0 Å². The molecule has 0 radical (unpaired) electrons. The zero-order chi connectivity index (χ0) is 20.9. The zero-order valence-electron chi connectivity index (χ0n) is 17.5. The van der Waals surface area contributed by atoms with Crippen LogP contribution in [-0.4, -0.2) is 42.8 Å². The first-order chi connectivity index (χ1) is 15.4. The summed E-state index contributed by atoms with van der Waals surface area (Å²) in [5, 5.41) is 4.54. The van der Waals surface area contributed by atoms with Crippen LogP contribution < -0.4 is 10.2 Å². The Morgan fingerprint density at radius 1 is 0.839 bits per heavy atom. The van der Waals surface area contributed by atoms with Gasteiger partial charge in [0.2, 0.25) is 0 Å². The van der Waals surface area contributed by atoms with Crippen LogP contribution in [0.5, 0.6) is 0 Å². The Kier molecular flexibility index (Phi) is 5.76. The molecule has 0 bridgehead atoms. The van der Waals surface area contributed by atoms with Crippen LogP contribution in [0.4, 0.5) is 11.5 Å². The molecule has 0 atom stereocenters. The number of hydrogen-bond donors (Lipinski definition) is 1. The number of benzene rings is 3. The molecule has 0 amide bonds. The Bertz CT molecular complexity index is 1140. The Labute approximate surface area is 182 Å². The van der Waals surface area contributed by atoms with Crippen molar-refractivity contribution in [1.82, 2.24) is 9.97 Å². The number of rotatable bonds is 6. The van der Waals surface area contributed by atoms with Crippen LogP contribution in [0.1, 0.15) is 5.56 Å². The van der Waals surface area contributed by atoms with Gasteiger partial charge in [0.25, 0.3) is 0 Å². The zero-order valence-corrected chi connectivity index (χ0v) is 17.5. The third-order valence-electron chi connectivity index (χ3n) is 5.76. The maximum absolute atomic E-state index is 5.44. The lowest BCUT2D eigenvalue weighted by Gasteiger charge is -2.28. The van der Waals surface area contributed by atoms with Gasteiger partial charge in [0, 0.05) is 30.7 Å². The second-order valence-corrected chi connectivity index (χ2v) is 7.76. The second kappa shape index (κ2) is 9.14. The third-order valence-corrected chi connectivity index (χ3v) is 5.76.